The molecule has 0 radical (unpaired) electrons. The first-order chi connectivity index (χ1) is 6.95. The molecular weight excluding hydrogens is 190 g/mol. The summed E-state index contributed by atoms with van der Waals surface area (Å²) in [5, 5.41) is 7.86. The summed E-state index contributed by atoms with van der Waals surface area (Å²) in [6.45, 7) is 1.18. The van der Waals surface area contributed by atoms with Crippen molar-refractivity contribution in [3.05, 3.63) is 16.8 Å². The second-order valence-electron chi connectivity index (χ2n) is 4.25. The van der Waals surface area contributed by atoms with Gasteiger partial charge in [-0.2, -0.15) is 11.3 Å². The van der Waals surface area contributed by atoms with Gasteiger partial charge in [-0.3, -0.25) is 0 Å². The van der Waals surface area contributed by atoms with E-state index in [2.05, 4.69) is 22.1 Å². The van der Waals surface area contributed by atoms with Crippen LogP contribution in [-0.4, -0.2) is 6.54 Å². The van der Waals surface area contributed by atoms with E-state index in [4.69, 9.17) is 0 Å². The number of nitrogens with one attached hydrogen (secondary N) is 1. The van der Waals surface area contributed by atoms with E-state index in [0.717, 1.165) is 5.92 Å². The average molecular weight is 209 g/mol. The summed E-state index contributed by atoms with van der Waals surface area (Å²) in [4.78, 5) is 0. The Balaban J connectivity index is 1.73. The van der Waals surface area contributed by atoms with E-state index < -0.39 is 0 Å². The van der Waals surface area contributed by atoms with Crippen LogP contribution in [-0.2, 0) is 0 Å². The van der Waals surface area contributed by atoms with Gasteiger partial charge < -0.3 is 5.32 Å². The minimum absolute atomic E-state index is 0.914. The molecule has 0 unspecified atom stereocenters. The fourth-order valence-electron chi connectivity index (χ4n) is 2.20. The van der Waals surface area contributed by atoms with Crippen molar-refractivity contribution in [2.24, 2.45) is 5.92 Å². The molecule has 0 atom stereocenters. The molecule has 1 N–H and O–H groups in total. The van der Waals surface area contributed by atoms with Crippen LogP contribution < -0.4 is 5.32 Å². The Hall–Kier alpha value is -0.500. The lowest BCUT2D eigenvalue weighted by Gasteiger charge is -2.14. The van der Waals surface area contributed by atoms with Gasteiger partial charge in [0.15, 0.2) is 0 Å². The van der Waals surface area contributed by atoms with E-state index in [1.54, 1.807) is 11.3 Å². The highest BCUT2D eigenvalue weighted by molar-refractivity contribution is 7.08. The van der Waals surface area contributed by atoms with Crippen molar-refractivity contribution in [1.29, 1.82) is 0 Å². The first-order valence-corrected chi connectivity index (χ1v) is 6.65. The van der Waals surface area contributed by atoms with Gasteiger partial charge in [-0.25, -0.2) is 0 Å². The van der Waals surface area contributed by atoms with Crippen LogP contribution in [0.3, 0.4) is 0 Å². The lowest BCUT2D eigenvalue weighted by Crippen LogP contribution is -2.13. The molecule has 0 amide bonds. The molecule has 2 heteroatoms. The Morgan fingerprint density at radius 3 is 2.64 bits per heavy atom. The third kappa shape index (κ3) is 3.02. The van der Waals surface area contributed by atoms with Gasteiger partial charge in [0.25, 0.3) is 0 Å². The van der Waals surface area contributed by atoms with Crippen molar-refractivity contribution in [1.82, 2.24) is 0 Å². The summed E-state index contributed by atoms with van der Waals surface area (Å²) in [6.07, 6.45) is 8.64. The normalized spacial score (nSPS) is 19.1. The Morgan fingerprint density at radius 2 is 2.00 bits per heavy atom. The van der Waals surface area contributed by atoms with Crippen molar-refractivity contribution in [3.8, 4) is 0 Å². The lowest BCUT2D eigenvalue weighted by molar-refractivity contribution is 0.483. The maximum Gasteiger partial charge on any atom is 0.0448 e. The molecule has 1 aromatic heterocycles. The third-order valence-corrected chi connectivity index (χ3v) is 3.77. The van der Waals surface area contributed by atoms with E-state index >= 15 is 0 Å². The zero-order valence-corrected chi connectivity index (χ0v) is 9.48. The standard InChI is InChI=1S/C12H19NS/c1-2-4-6-11(5-3-1)9-13-12-7-8-14-10-12/h7-8,10-11,13H,1-6,9H2. The molecule has 0 spiro atoms. The fourth-order valence-corrected chi connectivity index (χ4v) is 2.81. The summed E-state index contributed by atoms with van der Waals surface area (Å²) in [5.41, 5.74) is 1.30. The molecule has 1 fully saturated rings. The molecule has 1 heterocycles. The van der Waals surface area contributed by atoms with Crippen molar-refractivity contribution in [2.45, 2.75) is 38.5 Å². The second kappa shape index (κ2) is 5.40. The molecule has 0 bridgehead atoms. The van der Waals surface area contributed by atoms with Crippen LogP contribution in [0.4, 0.5) is 5.69 Å². The topological polar surface area (TPSA) is 12.0 Å². The number of anilines is 1. The number of hydrogen-bond donors (Lipinski definition) is 1. The minimum Gasteiger partial charge on any atom is -0.384 e. The highest BCUT2D eigenvalue weighted by atomic mass is 32.1. The highest BCUT2D eigenvalue weighted by Crippen LogP contribution is 2.23. The summed E-state index contributed by atoms with van der Waals surface area (Å²) >= 11 is 1.77. The Bertz CT molecular complexity index is 235. The zero-order chi connectivity index (χ0) is 9.64. The van der Waals surface area contributed by atoms with Crippen LogP contribution in [0.5, 0.6) is 0 Å². The molecular formula is C12H19NS. The Morgan fingerprint density at radius 1 is 1.21 bits per heavy atom. The van der Waals surface area contributed by atoms with Crippen molar-refractivity contribution in [2.75, 3.05) is 11.9 Å². The zero-order valence-electron chi connectivity index (χ0n) is 8.67. The Kier molecular flexibility index (Phi) is 3.87. The molecule has 1 aliphatic carbocycles. The van der Waals surface area contributed by atoms with Gasteiger partial charge in [-0.05, 0) is 30.2 Å². The third-order valence-electron chi connectivity index (χ3n) is 3.09. The van der Waals surface area contributed by atoms with Crippen LogP contribution >= 0.6 is 11.3 Å². The van der Waals surface area contributed by atoms with Gasteiger partial charge in [0.05, 0.1) is 0 Å². The van der Waals surface area contributed by atoms with E-state index in [9.17, 15) is 0 Å². The van der Waals surface area contributed by atoms with E-state index in [1.807, 2.05) is 0 Å². The Labute approximate surface area is 90.5 Å². The van der Waals surface area contributed by atoms with E-state index in [1.165, 1.54) is 50.8 Å². The van der Waals surface area contributed by atoms with Crippen molar-refractivity contribution in [3.63, 3.8) is 0 Å². The molecule has 1 saturated carbocycles. The molecule has 1 nitrogen and oxygen atoms in total. The average Bonchev–Trinajstić information content (AvgIpc) is 2.58. The van der Waals surface area contributed by atoms with Crippen LogP contribution in [0.25, 0.3) is 0 Å². The quantitative estimate of drug-likeness (QED) is 0.738. The van der Waals surface area contributed by atoms with Crippen LogP contribution in [0.2, 0.25) is 0 Å². The molecule has 1 aromatic rings. The van der Waals surface area contributed by atoms with E-state index in [-0.39, 0.29) is 0 Å². The SMILES string of the molecule is c1cc(NCC2CCCCCC2)cs1. The highest BCUT2D eigenvalue weighted by Gasteiger charge is 2.11. The predicted molar refractivity (Wildman–Crippen MR) is 64.0 cm³/mol. The summed E-state index contributed by atoms with van der Waals surface area (Å²) in [6, 6.07) is 2.17. The van der Waals surface area contributed by atoms with Crippen molar-refractivity contribution < 1.29 is 0 Å². The van der Waals surface area contributed by atoms with Gasteiger partial charge in [0.1, 0.15) is 0 Å². The molecule has 0 saturated heterocycles. The van der Waals surface area contributed by atoms with Gasteiger partial charge in [0, 0.05) is 17.6 Å². The first-order valence-electron chi connectivity index (χ1n) is 5.71. The minimum atomic E-state index is 0.914. The summed E-state index contributed by atoms with van der Waals surface area (Å²) in [5.74, 6) is 0.914. The van der Waals surface area contributed by atoms with E-state index in [0.29, 0.717) is 0 Å². The number of thiophene rings is 1. The molecule has 0 aliphatic heterocycles. The monoisotopic (exact) mass is 209 g/mol. The lowest BCUT2D eigenvalue weighted by atomic mass is 10.0. The van der Waals surface area contributed by atoms with Gasteiger partial charge in [-0.15, -0.1) is 0 Å². The first kappa shape index (κ1) is 10.0. The molecule has 78 valence electrons. The van der Waals surface area contributed by atoms with Crippen LogP contribution in [0.15, 0.2) is 16.8 Å². The van der Waals surface area contributed by atoms with Crippen molar-refractivity contribution >= 4 is 17.0 Å². The smallest absolute Gasteiger partial charge is 0.0448 e. The predicted octanol–water partition coefficient (Wildman–Crippen LogP) is 4.13. The second-order valence-corrected chi connectivity index (χ2v) is 5.03. The number of rotatable bonds is 3. The van der Waals surface area contributed by atoms with Gasteiger partial charge in [0.2, 0.25) is 0 Å². The maximum absolute atomic E-state index is 3.53. The molecule has 14 heavy (non-hydrogen) atoms. The fraction of sp³-hybridized carbons (Fsp3) is 0.667. The maximum atomic E-state index is 3.53. The van der Waals surface area contributed by atoms with Crippen LogP contribution in [0, 0.1) is 5.92 Å². The summed E-state index contributed by atoms with van der Waals surface area (Å²) in [7, 11) is 0. The number of hydrogen-bond acceptors (Lipinski definition) is 2. The molecule has 0 aromatic carbocycles. The largest absolute Gasteiger partial charge is 0.384 e. The van der Waals surface area contributed by atoms with Crippen LogP contribution in [0.1, 0.15) is 38.5 Å². The van der Waals surface area contributed by atoms with Gasteiger partial charge >= 0.3 is 0 Å². The molecule has 2 rings (SSSR count). The summed E-state index contributed by atoms with van der Waals surface area (Å²) < 4.78 is 0. The molecule has 1 aliphatic rings. The van der Waals surface area contributed by atoms with Gasteiger partial charge in [-0.1, -0.05) is 25.7 Å².